The molecule has 3 aromatic rings. The monoisotopic (exact) mass is 478 g/mol. The van der Waals surface area contributed by atoms with Gasteiger partial charge < -0.3 is 19.7 Å². The van der Waals surface area contributed by atoms with Gasteiger partial charge in [0, 0.05) is 19.0 Å². The minimum absolute atomic E-state index is 0.0981. The van der Waals surface area contributed by atoms with Crippen molar-refractivity contribution in [1.82, 2.24) is 10.2 Å². The van der Waals surface area contributed by atoms with Gasteiger partial charge in [0.05, 0.1) is 7.11 Å². The maximum atomic E-state index is 13.5. The number of halogens is 1. The predicted molar refractivity (Wildman–Crippen MR) is 133 cm³/mol. The Morgan fingerprint density at radius 2 is 1.51 bits per heavy atom. The van der Waals surface area contributed by atoms with Gasteiger partial charge in [-0.05, 0) is 61.4 Å². The van der Waals surface area contributed by atoms with Crippen LogP contribution in [0, 0.1) is 5.82 Å². The molecule has 1 atom stereocenters. The molecule has 0 aromatic heterocycles. The molecule has 0 bridgehead atoms. The first kappa shape index (κ1) is 25.7. The molecule has 0 aliphatic carbocycles. The Bertz CT molecular complexity index is 1090. The highest BCUT2D eigenvalue weighted by atomic mass is 19.1. The molecule has 0 unspecified atom stereocenters. The van der Waals surface area contributed by atoms with Crippen molar-refractivity contribution in [2.45, 2.75) is 38.9 Å². The largest absolute Gasteiger partial charge is 0.497 e. The van der Waals surface area contributed by atoms with Crippen molar-refractivity contribution in [3.05, 3.63) is 95.8 Å². The average molecular weight is 479 g/mol. The lowest BCUT2D eigenvalue weighted by molar-refractivity contribution is -0.143. The SMILES string of the molecule is COc1ccc(OCC(=O)N(Cc2ccc(F)cc2)[C@H](Cc2ccccc2)C(=O)NC(C)C)cc1. The summed E-state index contributed by atoms with van der Waals surface area (Å²) in [5.74, 6) is 0.198. The van der Waals surface area contributed by atoms with Gasteiger partial charge in [-0.25, -0.2) is 4.39 Å². The Morgan fingerprint density at radius 1 is 0.886 bits per heavy atom. The van der Waals surface area contributed by atoms with E-state index in [1.807, 2.05) is 44.2 Å². The van der Waals surface area contributed by atoms with Crippen LogP contribution in [0.5, 0.6) is 11.5 Å². The number of amides is 2. The molecular weight excluding hydrogens is 447 g/mol. The third-order valence-electron chi connectivity index (χ3n) is 5.39. The number of benzene rings is 3. The second-order valence-electron chi connectivity index (χ2n) is 8.48. The highest BCUT2D eigenvalue weighted by molar-refractivity contribution is 5.88. The average Bonchev–Trinajstić information content (AvgIpc) is 2.86. The van der Waals surface area contributed by atoms with E-state index in [1.54, 1.807) is 43.5 Å². The van der Waals surface area contributed by atoms with Crippen molar-refractivity contribution in [3.63, 3.8) is 0 Å². The molecule has 2 amide bonds. The number of rotatable bonds is 11. The summed E-state index contributed by atoms with van der Waals surface area (Å²) in [6.45, 7) is 3.62. The van der Waals surface area contributed by atoms with Crippen LogP contribution in [0.15, 0.2) is 78.9 Å². The summed E-state index contributed by atoms with van der Waals surface area (Å²) in [6, 6.07) is 21.5. The van der Waals surface area contributed by atoms with Crippen LogP contribution < -0.4 is 14.8 Å². The van der Waals surface area contributed by atoms with E-state index < -0.39 is 6.04 Å². The Kier molecular flexibility index (Phi) is 9.23. The number of hydrogen-bond acceptors (Lipinski definition) is 4. The first-order valence-corrected chi connectivity index (χ1v) is 11.5. The molecule has 3 aromatic carbocycles. The maximum absolute atomic E-state index is 13.5. The van der Waals surface area contributed by atoms with Gasteiger partial charge in [-0.15, -0.1) is 0 Å². The molecule has 1 N–H and O–H groups in total. The zero-order chi connectivity index (χ0) is 25.2. The molecule has 0 fully saturated rings. The zero-order valence-corrected chi connectivity index (χ0v) is 20.2. The van der Waals surface area contributed by atoms with Crippen molar-refractivity contribution in [3.8, 4) is 11.5 Å². The fourth-order valence-electron chi connectivity index (χ4n) is 3.62. The lowest BCUT2D eigenvalue weighted by Gasteiger charge is -2.32. The van der Waals surface area contributed by atoms with Crippen molar-refractivity contribution < 1.29 is 23.5 Å². The number of nitrogens with zero attached hydrogens (tertiary/aromatic N) is 1. The summed E-state index contributed by atoms with van der Waals surface area (Å²) in [5, 5.41) is 2.93. The van der Waals surface area contributed by atoms with E-state index in [0.29, 0.717) is 23.5 Å². The Hall–Kier alpha value is -3.87. The van der Waals surface area contributed by atoms with Gasteiger partial charge in [0.25, 0.3) is 5.91 Å². The Morgan fingerprint density at radius 3 is 2.11 bits per heavy atom. The molecule has 0 spiro atoms. The van der Waals surface area contributed by atoms with E-state index >= 15 is 0 Å². The maximum Gasteiger partial charge on any atom is 0.261 e. The van der Waals surface area contributed by atoms with Crippen LogP contribution in [0.2, 0.25) is 0 Å². The van der Waals surface area contributed by atoms with Crippen LogP contribution in [0.25, 0.3) is 0 Å². The number of ether oxygens (including phenoxy) is 2. The van der Waals surface area contributed by atoms with E-state index in [4.69, 9.17) is 9.47 Å². The zero-order valence-electron chi connectivity index (χ0n) is 20.2. The quantitative estimate of drug-likeness (QED) is 0.444. The van der Waals surface area contributed by atoms with E-state index in [9.17, 15) is 14.0 Å². The van der Waals surface area contributed by atoms with Crippen LogP contribution >= 0.6 is 0 Å². The molecular formula is C28H31FN2O4. The molecule has 184 valence electrons. The Labute approximate surface area is 205 Å². The molecule has 0 heterocycles. The molecule has 0 radical (unpaired) electrons. The molecule has 6 nitrogen and oxygen atoms in total. The molecule has 0 saturated carbocycles. The summed E-state index contributed by atoms with van der Waals surface area (Å²) in [5.41, 5.74) is 1.63. The van der Waals surface area contributed by atoms with E-state index in [2.05, 4.69) is 5.32 Å². The predicted octanol–water partition coefficient (Wildman–Crippen LogP) is 4.38. The van der Waals surface area contributed by atoms with Gasteiger partial charge in [0.15, 0.2) is 6.61 Å². The minimum Gasteiger partial charge on any atom is -0.497 e. The van der Waals surface area contributed by atoms with Gasteiger partial charge in [0.2, 0.25) is 5.91 Å². The summed E-state index contributed by atoms with van der Waals surface area (Å²) < 4.78 is 24.4. The van der Waals surface area contributed by atoms with Gasteiger partial charge in [-0.3, -0.25) is 9.59 Å². The number of methoxy groups -OCH3 is 1. The van der Waals surface area contributed by atoms with Crippen molar-refractivity contribution in [2.24, 2.45) is 0 Å². The summed E-state index contributed by atoms with van der Waals surface area (Å²) in [4.78, 5) is 28.2. The molecule has 0 aliphatic heterocycles. The smallest absolute Gasteiger partial charge is 0.261 e. The van der Waals surface area contributed by atoms with Crippen molar-refractivity contribution in [1.29, 1.82) is 0 Å². The summed E-state index contributed by atoms with van der Waals surface area (Å²) in [6.07, 6.45) is 0.328. The van der Waals surface area contributed by atoms with E-state index in [0.717, 1.165) is 5.56 Å². The second kappa shape index (κ2) is 12.6. The van der Waals surface area contributed by atoms with E-state index in [1.165, 1.54) is 17.0 Å². The van der Waals surface area contributed by atoms with Crippen molar-refractivity contribution >= 4 is 11.8 Å². The minimum atomic E-state index is -0.781. The standard InChI is InChI=1S/C28H31FN2O4/c1-20(2)30-28(33)26(17-21-7-5-4-6-8-21)31(18-22-9-11-23(29)12-10-22)27(32)19-35-25-15-13-24(34-3)14-16-25/h4-16,20,26H,17-19H2,1-3H3,(H,30,33)/t26-/m1/s1. The highest BCUT2D eigenvalue weighted by Gasteiger charge is 2.31. The van der Waals surface area contributed by atoms with Crippen LogP contribution in [0.4, 0.5) is 4.39 Å². The number of carbonyl (C=O) groups is 2. The number of hydrogen-bond donors (Lipinski definition) is 1. The molecule has 35 heavy (non-hydrogen) atoms. The van der Waals surface area contributed by atoms with Crippen LogP contribution in [-0.2, 0) is 22.6 Å². The van der Waals surface area contributed by atoms with Gasteiger partial charge in [-0.1, -0.05) is 42.5 Å². The van der Waals surface area contributed by atoms with Crippen LogP contribution in [-0.4, -0.2) is 42.5 Å². The van der Waals surface area contributed by atoms with Crippen LogP contribution in [0.3, 0.4) is 0 Å². The number of carbonyl (C=O) groups excluding carboxylic acids is 2. The summed E-state index contributed by atoms with van der Waals surface area (Å²) in [7, 11) is 1.57. The molecule has 0 saturated heterocycles. The van der Waals surface area contributed by atoms with E-state index in [-0.39, 0.29) is 36.8 Å². The third-order valence-corrected chi connectivity index (χ3v) is 5.39. The lowest BCUT2D eigenvalue weighted by atomic mass is 10.0. The van der Waals surface area contributed by atoms with Crippen molar-refractivity contribution in [2.75, 3.05) is 13.7 Å². The fraction of sp³-hybridized carbons (Fsp3) is 0.286. The third kappa shape index (κ3) is 7.84. The Balaban J connectivity index is 1.87. The van der Waals surface area contributed by atoms with Gasteiger partial charge in [-0.2, -0.15) is 0 Å². The topological polar surface area (TPSA) is 67.9 Å². The normalized spacial score (nSPS) is 11.6. The fourth-order valence-corrected chi connectivity index (χ4v) is 3.62. The first-order valence-electron chi connectivity index (χ1n) is 11.5. The van der Waals surface area contributed by atoms with Gasteiger partial charge in [0.1, 0.15) is 23.4 Å². The summed E-state index contributed by atoms with van der Waals surface area (Å²) >= 11 is 0. The van der Waals surface area contributed by atoms with Gasteiger partial charge >= 0.3 is 0 Å². The highest BCUT2D eigenvalue weighted by Crippen LogP contribution is 2.19. The number of nitrogens with one attached hydrogen (secondary N) is 1. The molecule has 3 rings (SSSR count). The molecule has 7 heteroatoms. The van der Waals surface area contributed by atoms with Crippen LogP contribution in [0.1, 0.15) is 25.0 Å². The second-order valence-corrected chi connectivity index (χ2v) is 8.48. The first-order chi connectivity index (χ1) is 16.9. The molecule has 0 aliphatic rings. The lowest BCUT2D eigenvalue weighted by Crippen LogP contribution is -2.52.